The van der Waals surface area contributed by atoms with E-state index in [9.17, 15) is 35.1 Å². The highest BCUT2D eigenvalue weighted by Gasteiger charge is 2.42. The SMILES string of the molecule is CN1CCN(c2cncc3[nH]c(-c4n[nH]c5ccc(-c6cncc(CN7CCC(F)(F)C7)c6)cc45)nc23)CC1.Cc1cn(-c2cncc3[nH]c(-c4n[nH]c5ccc(-c6cncc(CN7CCC(F)(F)C7)c6)cc45)nc23)cn1.FC1(F)CCN(Cc2cncc(-c3ccc4[nH]nc(-c5nc6c(N7CCCCC7)cncc6[nH]5)c4c3)c2)C1.FC1(F)CCN(Cc2cncc(-c3ccc4[nH]nc(-c5nc6ccncc6[nH]5)c4c3)c2)C1. The molecule has 8 N–H and O–H groups in total. The van der Waals surface area contributed by atoms with Crippen molar-refractivity contribution in [3.05, 3.63) is 243 Å². The standard InChI is InChI=1S/C28H29F2N9.C28H28F2N8.C27H23F2N9.C23H19F2N7/c1-37-6-8-39(9-7-37)24-15-32-14-23-26(24)34-27(33-23)25-21-11-19(2-3-22(21)35-36-25)20-10-18(12-31-13-20)16-38-5-4-28(29,30)17-38;29-28(30)6-9-37(17-28)16-18-10-20(13-31-12-18)19-4-5-22-21(11-19)25(36-35-22)27-33-23-14-32-15-24(26(23)34-27)38-7-2-1-3-8-38;1-16-12-38(15-32-16)23-11-31-10-22-25(23)34-26(33-22)24-20-7-18(2-3-21(20)35-36-24)19-6-17(8-30-9-19)13-37-5-4-27(28,29)14-37;24-23(25)4-6-32(13-23)12-14-7-16(10-27-9-14)15-1-2-18-17(8-15)21(31-30-18)22-28-19-3-5-26-11-20(19)29-22/h2-3,10-15H,4-9,16-17H2,1H3,(H,33,34)(H,35,36);4-5,10-15H,1-3,6-9,16-17H2,(H,33,34)(H,35,36);2-3,6-12,15H,4-5,13-14H2,1H3,(H,33,34)(H,35,36);1-3,5,7-11H,4,6,12-13H2,(H,28,29)(H,30,31). The predicted molar refractivity (Wildman–Crippen MR) is 546 cm³/mol. The molecule has 41 heteroatoms. The number of rotatable bonds is 19. The number of H-pyrrole nitrogens is 8. The smallest absolute Gasteiger partial charge is 0.261 e. The zero-order valence-electron chi connectivity index (χ0n) is 80.1. The quantitative estimate of drug-likeness (QED) is 0.0349. The Balaban J connectivity index is 0.000000105. The number of pyridine rings is 8. The number of aromatic nitrogens is 26. The Hall–Kier alpha value is -16.1. The number of nitrogens with one attached hydrogen (secondary N) is 8. The van der Waals surface area contributed by atoms with Crippen molar-refractivity contribution in [3.63, 3.8) is 0 Å². The molecule has 33 nitrogen and oxygen atoms in total. The van der Waals surface area contributed by atoms with Gasteiger partial charge in [-0.3, -0.25) is 79.9 Å². The van der Waals surface area contributed by atoms with Crippen molar-refractivity contribution in [1.29, 1.82) is 0 Å². The number of imidazole rings is 5. The second-order valence-electron chi connectivity index (χ2n) is 39.1. The normalized spacial score (nSPS) is 17.2. The van der Waals surface area contributed by atoms with E-state index in [0.717, 1.165) is 234 Å². The van der Waals surface area contributed by atoms with Crippen LogP contribution in [0.5, 0.6) is 0 Å². The number of benzene rings is 4. The third kappa shape index (κ3) is 19.8. The van der Waals surface area contributed by atoms with E-state index in [1.165, 1.54) is 19.3 Å². The van der Waals surface area contributed by atoms with E-state index < -0.39 is 23.7 Å². The van der Waals surface area contributed by atoms with E-state index in [-0.39, 0.29) is 51.9 Å². The minimum absolute atomic E-state index is 0.0854. The fraction of sp³-hybridized carbons (Fsp3) is 0.292. The van der Waals surface area contributed by atoms with Crippen molar-refractivity contribution in [3.8, 4) is 96.3 Å². The average Bonchev–Trinajstić information content (AvgIpc) is 1.62. The lowest BCUT2D eigenvalue weighted by Crippen LogP contribution is -2.44. The monoisotopic (exact) mass is 1990 g/mol. The summed E-state index contributed by atoms with van der Waals surface area (Å²) in [6.07, 6.45) is 35.5. The fourth-order valence-corrected chi connectivity index (χ4v) is 20.7. The molecule has 23 heterocycles. The van der Waals surface area contributed by atoms with Gasteiger partial charge in [-0.1, -0.05) is 24.3 Å². The van der Waals surface area contributed by atoms with Gasteiger partial charge >= 0.3 is 0 Å². The highest BCUT2D eigenvalue weighted by Crippen LogP contribution is 2.42. The van der Waals surface area contributed by atoms with Crippen LogP contribution in [0, 0.1) is 6.92 Å². The lowest BCUT2D eigenvalue weighted by molar-refractivity contribution is 0.0108. The number of hydrogen-bond acceptors (Lipinski definition) is 24. The maximum atomic E-state index is 13.7. The first-order valence-corrected chi connectivity index (χ1v) is 49.0. The van der Waals surface area contributed by atoms with Crippen LogP contribution in [0.1, 0.15) is 72.9 Å². The van der Waals surface area contributed by atoms with Gasteiger partial charge < -0.3 is 39.2 Å². The molecule has 147 heavy (non-hydrogen) atoms. The lowest BCUT2D eigenvalue weighted by atomic mass is 10.0. The molecule has 0 amide bonds. The molecule has 0 spiro atoms. The van der Waals surface area contributed by atoms with Crippen LogP contribution in [0.4, 0.5) is 46.5 Å². The van der Waals surface area contributed by atoms with Gasteiger partial charge in [0.05, 0.1) is 148 Å². The van der Waals surface area contributed by atoms with Crippen molar-refractivity contribution in [2.45, 2.75) is 102 Å². The molecule has 4 aromatic carbocycles. The molecule has 17 aromatic heterocycles. The first kappa shape index (κ1) is 93.2. The first-order chi connectivity index (χ1) is 71.4. The van der Waals surface area contributed by atoms with Crippen LogP contribution in [0.25, 0.3) is 184 Å². The maximum absolute atomic E-state index is 13.7. The van der Waals surface area contributed by atoms with E-state index in [0.29, 0.717) is 81.3 Å². The number of aromatic amines is 8. The summed E-state index contributed by atoms with van der Waals surface area (Å²) >= 11 is 0. The summed E-state index contributed by atoms with van der Waals surface area (Å²) in [4.78, 5) is 86.3. The number of nitrogens with zero attached hydrogens (tertiary/aromatic N) is 25. The zero-order chi connectivity index (χ0) is 99.8. The first-order valence-electron chi connectivity index (χ1n) is 49.0. The van der Waals surface area contributed by atoms with Gasteiger partial charge in [0, 0.05) is 223 Å². The minimum Gasteiger partial charge on any atom is -0.368 e. The molecule has 744 valence electrons. The van der Waals surface area contributed by atoms with E-state index in [1.54, 1.807) is 106 Å². The van der Waals surface area contributed by atoms with Crippen molar-refractivity contribution in [1.82, 2.24) is 155 Å². The molecule has 21 aromatic rings. The van der Waals surface area contributed by atoms with Gasteiger partial charge in [0.15, 0.2) is 23.3 Å². The summed E-state index contributed by atoms with van der Waals surface area (Å²) in [7, 11) is 2.14. The minimum atomic E-state index is -2.61. The molecule has 6 fully saturated rings. The number of alkyl halides is 8. The lowest BCUT2D eigenvalue weighted by Gasteiger charge is -2.33. The van der Waals surface area contributed by atoms with Crippen LogP contribution in [0.2, 0.25) is 0 Å². The number of likely N-dealkylation sites (tertiary alicyclic amines) is 4. The van der Waals surface area contributed by atoms with Gasteiger partial charge in [-0.05, 0) is 157 Å². The fourth-order valence-electron chi connectivity index (χ4n) is 20.7. The third-order valence-electron chi connectivity index (χ3n) is 28.2. The Morgan fingerprint density at radius 1 is 0.306 bits per heavy atom. The number of likely N-dealkylation sites (N-methyl/N-ethyl adjacent to an activating group) is 1. The van der Waals surface area contributed by atoms with Crippen LogP contribution in [-0.2, 0) is 26.2 Å². The summed E-state index contributed by atoms with van der Waals surface area (Å²) in [6, 6.07) is 34.1. The Morgan fingerprint density at radius 3 is 0.973 bits per heavy atom. The molecule has 0 saturated carbocycles. The van der Waals surface area contributed by atoms with E-state index >= 15 is 0 Å². The molecule has 0 atom stereocenters. The van der Waals surface area contributed by atoms with Gasteiger partial charge in [-0.15, -0.1) is 0 Å². The third-order valence-corrected chi connectivity index (χ3v) is 28.2. The van der Waals surface area contributed by atoms with Crippen LogP contribution < -0.4 is 9.80 Å². The molecule has 0 bridgehead atoms. The second-order valence-corrected chi connectivity index (χ2v) is 39.1. The van der Waals surface area contributed by atoms with E-state index in [2.05, 4.69) is 144 Å². The number of fused-ring (bicyclic) bond motifs is 8. The molecule has 27 rings (SSSR count). The Morgan fingerprint density at radius 2 is 0.633 bits per heavy atom. The summed E-state index contributed by atoms with van der Waals surface area (Å²) in [6.45, 7) is 10.4. The molecule has 0 radical (unpaired) electrons. The van der Waals surface area contributed by atoms with Crippen LogP contribution in [0.3, 0.4) is 0 Å². The van der Waals surface area contributed by atoms with E-state index in [1.807, 2.05) is 127 Å². The summed E-state index contributed by atoms with van der Waals surface area (Å²) < 4.78 is 111. The molecule has 0 aliphatic carbocycles. The van der Waals surface area contributed by atoms with Gasteiger partial charge in [0.25, 0.3) is 23.7 Å². The van der Waals surface area contributed by atoms with Crippen molar-refractivity contribution in [2.24, 2.45) is 0 Å². The van der Waals surface area contributed by atoms with Gasteiger partial charge in [-0.2, -0.15) is 20.4 Å². The van der Waals surface area contributed by atoms with Crippen LogP contribution in [-0.4, -0.2) is 277 Å². The van der Waals surface area contributed by atoms with Crippen LogP contribution in [0.15, 0.2) is 215 Å². The topological polar surface area (TPSA) is 373 Å². The van der Waals surface area contributed by atoms with Gasteiger partial charge in [-0.25, -0.2) is 60.0 Å². The summed E-state index contributed by atoms with van der Waals surface area (Å²) in [5.41, 5.74) is 28.3. The van der Waals surface area contributed by atoms with Crippen molar-refractivity contribution >= 4 is 99.1 Å². The number of aryl methyl sites for hydroxylation is 1. The highest BCUT2D eigenvalue weighted by molar-refractivity contribution is 6.01. The van der Waals surface area contributed by atoms with Gasteiger partial charge in [0.1, 0.15) is 39.3 Å². The summed E-state index contributed by atoms with van der Waals surface area (Å²) in [5, 5.41) is 34.3. The predicted octanol–water partition coefficient (Wildman–Crippen LogP) is 18.9. The van der Waals surface area contributed by atoms with Crippen molar-refractivity contribution in [2.75, 3.05) is 108 Å². The van der Waals surface area contributed by atoms with E-state index in [4.69, 9.17) is 15.0 Å². The second kappa shape index (κ2) is 38.5. The number of anilines is 2. The Bertz CT molecular complexity index is 8410. The Kier molecular flexibility index (Phi) is 24.4. The molecule has 6 aliphatic heterocycles. The number of halogens is 8. The molecule has 6 saturated heterocycles. The van der Waals surface area contributed by atoms with Crippen molar-refractivity contribution < 1.29 is 35.1 Å². The highest BCUT2D eigenvalue weighted by atomic mass is 19.3. The van der Waals surface area contributed by atoms with Gasteiger partial charge in [0.2, 0.25) is 0 Å². The largest absolute Gasteiger partial charge is 0.368 e. The number of hydrogen-bond donors (Lipinski definition) is 8. The average molecular weight is 1990 g/mol. The Labute approximate surface area is 833 Å². The zero-order valence-corrected chi connectivity index (χ0v) is 80.1. The molecule has 6 aliphatic rings. The molecule has 0 unspecified atom stereocenters. The molecular formula is C106H99F8N33. The van der Waals surface area contributed by atoms with Crippen LogP contribution >= 0.6 is 0 Å². The number of piperidine rings is 1. The molecular weight excluding hydrogens is 1890 g/mol. The summed E-state index contributed by atoms with van der Waals surface area (Å²) in [5.74, 6) is -7.76. The maximum Gasteiger partial charge on any atom is 0.261 e. The number of piperazine rings is 1.